The van der Waals surface area contributed by atoms with Crippen LogP contribution in [0.4, 0.5) is 0 Å². The Bertz CT molecular complexity index is 396. The Morgan fingerprint density at radius 3 is 2.67 bits per heavy atom. The van der Waals surface area contributed by atoms with E-state index < -0.39 is 5.97 Å². The van der Waals surface area contributed by atoms with Crippen molar-refractivity contribution in [1.29, 1.82) is 0 Å². The molecule has 4 nitrogen and oxygen atoms in total. The van der Waals surface area contributed by atoms with Crippen LogP contribution in [0.25, 0.3) is 5.57 Å². The van der Waals surface area contributed by atoms with Crippen LogP contribution in [0.3, 0.4) is 0 Å². The van der Waals surface area contributed by atoms with Gasteiger partial charge in [-0.25, -0.2) is 9.78 Å². The van der Waals surface area contributed by atoms with Crippen molar-refractivity contribution >= 4 is 11.5 Å². The lowest BCUT2D eigenvalue weighted by molar-refractivity contribution is -0.130. The molecule has 0 aromatic carbocycles. The summed E-state index contributed by atoms with van der Waals surface area (Å²) in [6.07, 6.45) is 10.9. The Labute approximate surface area is 108 Å². The van der Waals surface area contributed by atoms with Gasteiger partial charge in [-0.05, 0) is 6.42 Å². The first-order chi connectivity index (χ1) is 8.65. The first kappa shape index (κ1) is 14.5. The molecule has 0 atom stereocenters. The number of hydrogen-bond donors (Lipinski definition) is 1. The van der Waals surface area contributed by atoms with Crippen molar-refractivity contribution in [2.45, 2.75) is 52.0 Å². The first-order valence-corrected chi connectivity index (χ1v) is 6.59. The van der Waals surface area contributed by atoms with E-state index in [1.54, 1.807) is 12.5 Å². The fourth-order valence-corrected chi connectivity index (χ4v) is 1.82. The zero-order chi connectivity index (χ0) is 13.4. The fourth-order valence-electron chi connectivity index (χ4n) is 1.82. The summed E-state index contributed by atoms with van der Waals surface area (Å²) in [5.41, 5.74) is 0.505. The Hall–Kier alpha value is -1.58. The number of carbonyl (C=O) groups is 1. The summed E-state index contributed by atoms with van der Waals surface area (Å²) in [6.45, 7) is 6.60. The Balaban J connectivity index is 2.27. The molecule has 1 aromatic heterocycles. The van der Waals surface area contributed by atoms with Crippen LogP contribution in [0.1, 0.15) is 51.1 Å². The van der Waals surface area contributed by atoms with Gasteiger partial charge in [-0.3, -0.25) is 0 Å². The minimum Gasteiger partial charge on any atom is -0.478 e. The van der Waals surface area contributed by atoms with Crippen LogP contribution in [0.5, 0.6) is 0 Å². The molecule has 0 aliphatic heterocycles. The van der Waals surface area contributed by atoms with E-state index >= 15 is 0 Å². The van der Waals surface area contributed by atoms with Gasteiger partial charge < -0.3 is 9.67 Å². The van der Waals surface area contributed by atoms with Crippen LogP contribution in [0.2, 0.25) is 0 Å². The minimum absolute atomic E-state index is 0.0525. The van der Waals surface area contributed by atoms with Crippen molar-refractivity contribution < 1.29 is 9.90 Å². The predicted octanol–water partition coefficient (Wildman–Crippen LogP) is 3.34. The predicted molar refractivity (Wildman–Crippen MR) is 72.3 cm³/mol. The molecule has 18 heavy (non-hydrogen) atoms. The number of unbranched alkanes of at least 4 members (excludes halogenated alkanes) is 5. The van der Waals surface area contributed by atoms with E-state index in [2.05, 4.69) is 18.5 Å². The zero-order valence-corrected chi connectivity index (χ0v) is 11.1. The van der Waals surface area contributed by atoms with Gasteiger partial charge in [-0.2, -0.15) is 0 Å². The van der Waals surface area contributed by atoms with E-state index in [0.717, 1.165) is 13.0 Å². The Kier molecular flexibility index (Phi) is 6.19. The van der Waals surface area contributed by atoms with Crippen molar-refractivity contribution in [3.05, 3.63) is 24.8 Å². The molecule has 0 amide bonds. The van der Waals surface area contributed by atoms with Crippen molar-refractivity contribution in [3.8, 4) is 0 Å². The molecule has 1 aromatic rings. The zero-order valence-electron chi connectivity index (χ0n) is 11.1. The molecule has 0 aliphatic rings. The van der Waals surface area contributed by atoms with Crippen LogP contribution < -0.4 is 0 Å². The molecule has 0 spiro atoms. The number of aromatic nitrogens is 2. The van der Waals surface area contributed by atoms with Gasteiger partial charge in [0, 0.05) is 12.7 Å². The highest BCUT2D eigenvalue weighted by molar-refractivity contribution is 6.13. The van der Waals surface area contributed by atoms with E-state index in [1.165, 1.54) is 32.1 Å². The monoisotopic (exact) mass is 250 g/mol. The third kappa shape index (κ3) is 4.73. The molecule has 0 unspecified atom stereocenters. The van der Waals surface area contributed by atoms with Gasteiger partial charge in [0.1, 0.15) is 0 Å². The van der Waals surface area contributed by atoms with Crippen molar-refractivity contribution in [2.24, 2.45) is 0 Å². The number of nitrogens with zero attached hydrogens (tertiary/aromatic N) is 2. The van der Waals surface area contributed by atoms with Gasteiger partial charge in [-0.1, -0.05) is 45.6 Å². The summed E-state index contributed by atoms with van der Waals surface area (Å²) in [7, 11) is 0. The fraction of sp³-hybridized carbons (Fsp3) is 0.571. The van der Waals surface area contributed by atoms with Crippen LogP contribution >= 0.6 is 0 Å². The van der Waals surface area contributed by atoms with Crippen LogP contribution in [0, 0.1) is 0 Å². The molecule has 100 valence electrons. The van der Waals surface area contributed by atoms with E-state index in [0.29, 0.717) is 5.69 Å². The van der Waals surface area contributed by atoms with Crippen LogP contribution in [0.15, 0.2) is 19.1 Å². The number of aryl methyl sites for hydroxylation is 1. The van der Waals surface area contributed by atoms with Crippen molar-refractivity contribution in [2.75, 3.05) is 0 Å². The highest BCUT2D eigenvalue weighted by Crippen LogP contribution is 2.11. The second-order valence-electron chi connectivity index (χ2n) is 4.55. The van der Waals surface area contributed by atoms with Crippen molar-refractivity contribution in [1.82, 2.24) is 9.55 Å². The molecule has 0 bridgehead atoms. The maximum atomic E-state index is 10.7. The van der Waals surface area contributed by atoms with Gasteiger partial charge in [0.25, 0.3) is 0 Å². The lowest BCUT2D eigenvalue weighted by atomic mass is 10.1. The van der Waals surface area contributed by atoms with Crippen LogP contribution in [-0.4, -0.2) is 20.6 Å². The van der Waals surface area contributed by atoms with Gasteiger partial charge in [0.05, 0.1) is 17.6 Å². The summed E-state index contributed by atoms with van der Waals surface area (Å²) in [4.78, 5) is 14.8. The first-order valence-electron chi connectivity index (χ1n) is 6.59. The molecular weight excluding hydrogens is 228 g/mol. The maximum Gasteiger partial charge on any atom is 0.337 e. The van der Waals surface area contributed by atoms with Gasteiger partial charge in [-0.15, -0.1) is 0 Å². The lowest BCUT2D eigenvalue weighted by Gasteiger charge is -2.02. The third-order valence-electron chi connectivity index (χ3n) is 2.97. The molecule has 0 saturated carbocycles. The minimum atomic E-state index is -1.01. The van der Waals surface area contributed by atoms with Gasteiger partial charge >= 0.3 is 5.97 Å². The van der Waals surface area contributed by atoms with Crippen molar-refractivity contribution in [3.63, 3.8) is 0 Å². The highest BCUT2D eigenvalue weighted by atomic mass is 16.4. The Morgan fingerprint density at radius 2 is 2.00 bits per heavy atom. The smallest absolute Gasteiger partial charge is 0.337 e. The molecule has 1 N–H and O–H groups in total. The molecule has 0 saturated heterocycles. The molecule has 1 heterocycles. The van der Waals surface area contributed by atoms with E-state index in [9.17, 15) is 4.79 Å². The largest absolute Gasteiger partial charge is 0.478 e. The summed E-state index contributed by atoms with van der Waals surface area (Å²) < 4.78 is 1.93. The maximum absolute atomic E-state index is 10.7. The van der Waals surface area contributed by atoms with Gasteiger partial charge in [0.15, 0.2) is 0 Å². The summed E-state index contributed by atoms with van der Waals surface area (Å²) in [5.74, 6) is -1.01. The molecule has 0 radical (unpaired) electrons. The molecular formula is C14H22N2O2. The number of hydrogen-bond acceptors (Lipinski definition) is 2. The quantitative estimate of drug-likeness (QED) is 0.540. The second kappa shape index (κ2) is 7.69. The summed E-state index contributed by atoms with van der Waals surface area (Å²) >= 11 is 0. The molecule has 0 fully saturated rings. The van der Waals surface area contributed by atoms with E-state index in [4.69, 9.17) is 5.11 Å². The number of rotatable bonds is 9. The third-order valence-corrected chi connectivity index (χ3v) is 2.97. The lowest BCUT2D eigenvalue weighted by Crippen LogP contribution is -1.98. The summed E-state index contributed by atoms with van der Waals surface area (Å²) in [6, 6.07) is 0. The van der Waals surface area contributed by atoms with E-state index in [1.807, 2.05) is 4.57 Å². The number of aliphatic carboxylic acids is 1. The number of carboxylic acid groups (broad SMARTS) is 1. The average molecular weight is 250 g/mol. The standard InChI is InChI=1S/C14H22N2O2/c1-3-4-5-6-7-8-9-16-10-13(15-11-16)12(2)14(17)18/h10-11H,2-9H2,1H3,(H,17,18). The molecule has 4 heteroatoms. The molecule has 0 aliphatic carbocycles. The van der Waals surface area contributed by atoms with Gasteiger partial charge in [0.2, 0.25) is 0 Å². The normalized spacial score (nSPS) is 10.5. The SMILES string of the molecule is C=C(C(=O)O)c1cn(CCCCCCCC)cn1. The van der Waals surface area contributed by atoms with E-state index in [-0.39, 0.29) is 5.57 Å². The number of carboxylic acids is 1. The number of imidazole rings is 1. The summed E-state index contributed by atoms with van der Waals surface area (Å²) in [5, 5.41) is 8.79. The highest BCUT2D eigenvalue weighted by Gasteiger charge is 2.09. The Morgan fingerprint density at radius 1 is 1.33 bits per heavy atom. The second-order valence-corrected chi connectivity index (χ2v) is 4.55. The molecule has 1 rings (SSSR count). The average Bonchev–Trinajstić information content (AvgIpc) is 2.81. The topological polar surface area (TPSA) is 55.1 Å². The van der Waals surface area contributed by atoms with Crippen LogP contribution in [-0.2, 0) is 11.3 Å².